The first kappa shape index (κ1) is 20.9. The van der Waals surface area contributed by atoms with E-state index in [-0.39, 0.29) is 18.9 Å². The van der Waals surface area contributed by atoms with Crippen LogP contribution in [0.2, 0.25) is 0 Å². The molecule has 1 fully saturated rings. The SMILES string of the molecule is CCCCCCCC(=O)N[C@@H]1CC(=O)NC1(O)C(=O)NCc1ccccc1. The standard InChI is InChI=1S/C20H29N3O4/c1-2-3-4-5-9-12-17(24)22-16-13-18(25)23-20(16,27)19(26)21-14-15-10-7-6-8-11-15/h6-8,10-11,16,27H,2-5,9,12-14H2,1H3,(H,21,26)(H,22,24)(H,23,25)/t16-,20?/m1/s1. The predicted molar refractivity (Wildman–Crippen MR) is 101 cm³/mol. The number of rotatable bonds is 10. The van der Waals surface area contributed by atoms with Crippen molar-refractivity contribution in [3.05, 3.63) is 35.9 Å². The van der Waals surface area contributed by atoms with Crippen LogP contribution in [0.3, 0.4) is 0 Å². The molecule has 1 aliphatic heterocycles. The minimum absolute atomic E-state index is 0.128. The van der Waals surface area contributed by atoms with Gasteiger partial charge in [-0.15, -0.1) is 0 Å². The van der Waals surface area contributed by atoms with Gasteiger partial charge in [0.15, 0.2) is 0 Å². The van der Waals surface area contributed by atoms with Gasteiger partial charge < -0.3 is 21.1 Å². The normalized spacial score (nSPS) is 21.6. The molecule has 0 aromatic heterocycles. The van der Waals surface area contributed by atoms with Crippen LogP contribution in [0.25, 0.3) is 0 Å². The van der Waals surface area contributed by atoms with Gasteiger partial charge in [0.05, 0.1) is 12.5 Å². The van der Waals surface area contributed by atoms with E-state index in [1.165, 1.54) is 0 Å². The van der Waals surface area contributed by atoms with Gasteiger partial charge in [-0.3, -0.25) is 14.4 Å². The molecule has 1 saturated heterocycles. The minimum Gasteiger partial charge on any atom is -0.362 e. The van der Waals surface area contributed by atoms with E-state index in [4.69, 9.17) is 0 Å². The molecule has 2 atom stereocenters. The van der Waals surface area contributed by atoms with Crippen molar-refractivity contribution < 1.29 is 19.5 Å². The maximum absolute atomic E-state index is 12.5. The zero-order valence-corrected chi connectivity index (χ0v) is 15.8. The fraction of sp³-hybridized carbons (Fsp3) is 0.550. The molecule has 7 heteroatoms. The fourth-order valence-corrected chi connectivity index (χ4v) is 3.12. The third-order valence-corrected chi connectivity index (χ3v) is 4.71. The Kier molecular flexibility index (Phi) is 7.79. The first-order chi connectivity index (χ1) is 13.0. The monoisotopic (exact) mass is 375 g/mol. The lowest BCUT2D eigenvalue weighted by atomic mass is 10.0. The number of aliphatic hydroxyl groups is 1. The Balaban J connectivity index is 1.87. The van der Waals surface area contributed by atoms with Crippen LogP contribution in [0.1, 0.15) is 57.4 Å². The van der Waals surface area contributed by atoms with Gasteiger partial charge in [-0.1, -0.05) is 62.9 Å². The number of hydrogen-bond acceptors (Lipinski definition) is 4. The Morgan fingerprint density at radius 1 is 1.19 bits per heavy atom. The van der Waals surface area contributed by atoms with E-state index in [1.807, 2.05) is 30.3 Å². The summed E-state index contributed by atoms with van der Waals surface area (Å²) < 4.78 is 0. The average molecular weight is 375 g/mol. The van der Waals surface area contributed by atoms with Gasteiger partial charge in [-0.05, 0) is 12.0 Å². The van der Waals surface area contributed by atoms with Crippen molar-refractivity contribution in [3.8, 4) is 0 Å². The molecule has 1 unspecified atom stereocenters. The molecule has 0 bridgehead atoms. The molecule has 0 saturated carbocycles. The second-order valence-electron chi connectivity index (χ2n) is 6.97. The van der Waals surface area contributed by atoms with Gasteiger partial charge in [0.25, 0.3) is 5.91 Å². The maximum atomic E-state index is 12.5. The second kappa shape index (κ2) is 10.1. The van der Waals surface area contributed by atoms with E-state index >= 15 is 0 Å². The van der Waals surface area contributed by atoms with Crippen LogP contribution >= 0.6 is 0 Å². The number of amides is 3. The number of benzene rings is 1. The first-order valence-electron chi connectivity index (χ1n) is 9.60. The van der Waals surface area contributed by atoms with Crippen LogP contribution in [0, 0.1) is 0 Å². The van der Waals surface area contributed by atoms with Crippen molar-refractivity contribution in [2.45, 2.75) is 70.2 Å². The van der Waals surface area contributed by atoms with E-state index in [2.05, 4.69) is 22.9 Å². The highest BCUT2D eigenvalue weighted by Crippen LogP contribution is 2.19. The molecule has 7 nitrogen and oxygen atoms in total. The molecule has 1 heterocycles. The smallest absolute Gasteiger partial charge is 0.275 e. The lowest BCUT2D eigenvalue weighted by Crippen LogP contribution is -2.63. The van der Waals surface area contributed by atoms with Gasteiger partial charge in [0.2, 0.25) is 17.5 Å². The zero-order valence-electron chi connectivity index (χ0n) is 15.8. The first-order valence-corrected chi connectivity index (χ1v) is 9.60. The molecular formula is C20H29N3O4. The predicted octanol–water partition coefficient (Wildman–Crippen LogP) is 1.36. The van der Waals surface area contributed by atoms with Crippen LogP contribution in [-0.2, 0) is 20.9 Å². The van der Waals surface area contributed by atoms with E-state index in [0.29, 0.717) is 6.42 Å². The largest absolute Gasteiger partial charge is 0.362 e. The van der Waals surface area contributed by atoms with Crippen molar-refractivity contribution in [2.24, 2.45) is 0 Å². The molecule has 1 aliphatic rings. The fourth-order valence-electron chi connectivity index (χ4n) is 3.12. The summed E-state index contributed by atoms with van der Waals surface area (Å²) in [5.74, 6) is -1.46. The maximum Gasteiger partial charge on any atom is 0.275 e. The Bertz CT molecular complexity index is 650. The number of carbonyl (C=O) groups is 3. The number of unbranched alkanes of at least 4 members (excludes halogenated alkanes) is 4. The van der Waals surface area contributed by atoms with E-state index in [9.17, 15) is 19.5 Å². The molecular weight excluding hydrogens is 346 g/mol. The van der Waals surface area contributed by atoms with E-state index in [0.717, 1.165) is 37.7 Å². The lowest BCUT2D eigenvalue weighted by molar-refractivity contribution is -0.147. The summed E-state index contributed by atoms with van der Waals surface area (Å²) in [6, 6.07) is 8.26. The molecule has 148 valence electrons. The molecule has 0 aliphatic carbocycles. The van der Waals surface area contributed by atoms with Gasteiger partial charge >= 0.3 is 0 Å². The van der Waals surface area contributed by atoms with Crippen molar-refractivity contribution in [2.75, 3.05) is 0 Å². The highest BCUT2D eigenvalue weighted by atomic mass is 16.3. The van der Waals surface area contributed by atoms with Crippen LogP contribution in [-0.4, -0.2) is 34.6 Å². The van der Waals surface area contributed by atoms with E-state index in [1.54, 1.807) is 0 Å². The summed E-state index contributed by atoms with van der Waals surface area (Å²) in [6.45, 7) is 2.34. The van der Waals surface area contributed by atoms with Crippen LogP contribution in [0.15, 0.2) is 30.3 Å². The Morgan fingerprint density at radius 3 is 2.59 bits per heavy atom. The average Bonchev–Trinajstić information content (AvgIpc) is 2.94. The second-order valence-corrected chi connectivity index (χ2v) is 6.97. The number of carbonyl (C=O) groups excluding carboxylic acids is 3. The molecule has 1 aromatic carbocycles. The molecule has 27 heavy (non-hydrogen) atoms. The minimum atomic E-state index is -2.14. The summed E-state index contributed by atoms with van der Waals surface area (Å²) >= 11 is 0. The number of nitrogens with one attached hydrogen (secondary N) is 3. The topological polar surface area (TPSA) is 108 Å². The van der Waals surface area contributed by atoms with Gasteiger partial charge in [-0.25, -0.2) is 0 Å². The van der Waals surface area contributed by atoms with Crippen molar-refractivity contribution >= 4 is 17.7 Å². The molecule has 3 amide bonds. The highest BCUT2D eigenvalue weighted by Gasteiger charge is 2.51. The van der Waals surface area contributed by atoms with Crippen molar-refractivity contribution in [3.63, 3.8) is 0 Å². The number of hydrogen-bond donors (Lipinski definition) is 4. The molecule has 4 N–H and O–H groups in total. The molecule has 2 rings (SSSR count). The summed E-state index contributed by atoms with van der Waals surface area (Å²) in [4.78, 5) is 36.4. The van der Waals surface area contributed by atoms with Crippen molar-refractivity contribution in [1.29, 1.82) is 0 Å². The third-order valence-electron chi connectivity index (χ3n) is 4.71. The van der Waals surface area contributed by atoms with Crippen LogP contribution < -0.4 is 16.0 Å². The van der Waals surface area contributed by atoms with Crippen LogP contribution in [0.5, 0.6) is 0 Å². The zero-order chi connectivity index (χ0) is 19.7. The summed E-state index contributed by atoms with van der Waals surface area (Å²) in [6.07, 6.45) is 5.26. The summed E-state index contributed by atoms with van der Waals surface area (Å²) in [7, 11) is 0. The molecule has 0 radical (unpaired) electrons. The highest BCUT2D eigenvalue weighted by molar-refractivity contribution is 5.95. The molecule has 0 spiro atoms. The Hall–Kier alpha value is -2.41. The lowest BCUT2D eigenvalue weighted by Gasteiger charge is -2.28. The van der Waals surface area contributed by atoms with Crippen molar-refractivity contribution in [1.82, 2.24) is 16.0 Å². The van der Waals surface area contributed by atoms with E-state index < -0.39 is 23.6 Å². The Morgan fingerprint density at radius 2 is 1.89 bits per heavy atom. The molecule has 1 aromatic rings. The quantitative estimate of drug-likeness (QED) is 0.463. The summed E-state index contributed by atoms with van der Waals surface area (Å²) in [5, 5.41) is 18.2. The van der Waals surface area contributed by atoms with Gasteiger partial charge in [0.1, 0.15) is 0 Å². The van der Waals surface area contributed by atoms with Gasteiger partial charge in [0, 0.05) is 13.0 Å². The van der Waals surface area contributed by atoms with Crippen LogP contribution in [0.4, 0.5) is 0 Å². The Labute approximate surface area is 159 Å². The van der Waals surface area contributed by atoms with Gasteiger partial charge in [-0.2, -0.15) is 0 Å². The third kappa shape index (κ3) is 6.06. The summed E-state index contributed by atoms with van der Waals surface area (Å²) in [5.41, 5.74) is -1.27.